The fraction of sp³-hybridized carbons (Fsp3) is 0.158. The van der Waals surface area contributed by atoms with Crippen molar-refractivity contribution in [1.82, 2.24) is 9.78 Å². The molecule has 0 amide bonds. The van der Waals surface area contributed by atoms with E-state index < -0.39 is 0 Å². The highest BCUT2D eigenvalue weighted by Crippen LogP contribution is 2.38. The van der Waals surface area contributed by atoms with E-state index in [4.69, 9.17) is 0 Å². The molecule has 0 bridgehead atoms. The molecule has 1 aliphatic carbocycles. The number of phenols is 1. The molecule has 5 nitrogen and oxygen atoms in total. The summed E-state index contributed by atoms with van der Waals surface area (Å²) in [4.78, 5) is 11.5. The summed E-state index contributed by atoms with van der Waals surface area (Å²) >= 11 is 0. The number of aromatic nitrogens is 2. The minimum absolute atomic E-state index is 0.171. The van der Waals surface area contributed by atoms with Crippen molar-refractivity contribution in [3.05, 3.63) is 59.3 Å². The molecule has 4 rings (SSSR count). The summed E-state index contributed by atoms with van der Waals surface area (Å²) in [5.41, 5.74) is 6.43. The Morgan fingerprint density at radius 3 is 2.83 bits per heavy atom. The number of carbonyl (C=O) groups excluding carboxylic acids is 1. The van der Waals surface area contributed by atoms with Gasteiger partial charge in [-0.15, -0.1) is 0 Å². The first-order chi connectivity index (χ1) is 11.7. The smallest absolute Gasteiger partial charge is 0.170 e. The number of benzene rings is 2. The number of aromatic hydroxyl groups is 1. The number of phenolic OH excluding ortho intramolecular Hbond substituents is 1. The number of carbonyl (C=O) groups is 1. The van der Waals surface area contributed by atoms with Gasteiger partial charge in [0.2, 0.25) is 0 Å². The van der Waals surface area contributed by atoms with Crippen LogP contribution in [0.1, 0.15) is 21.6 Å². The van der Waals surface area contributed by atoms with Crippen molar-refractivity contribution in [2.24, 2.45) is 0 Å². The van der Waals surface area contributed by atoms with E-state index in [2.05, 4.69) is 28.6 Å². The summed E-state index contributed by atoms with van der Waals surface area (Å²) in [5, 5.41) is 17.5. The van der Waals surface area contributed by atoms with Crippen LogP contribution < -0.4 is 5.32 Å². The normalized spacial score (nSPS) is 12.4. The number of hydrogen-bond donors (Lipinski definition) is 2. The summed E-state index contributed by atoms with van der Waals surface area (Å²) in [6.45, 7) is 0. The van der Waals surface area contributed by atoms with Crippen molar-refractivity contribution in [3.8, 4) is 22.7 Å². The molecule has 120 valence electrons. The minimum Gasteiger partial charge on any atom is -0.508 e. The lowest BCUT2D eigenvalue weighted by molar-refractivity contribution is 0.111. The van der Waals surface area contributed by atoms with E-state index in [1.807, 2.05) is 13.1 Å². The van der Waals surface area contributed by atoms with Gasteiger partial charge in [0, 0.05) is 29.9 Å². The van der Waals surface area contributed by atoms with Gasteiger partial charge in [-0.1, -0.05) is 12.1 Å². The molecule has 0 atom stereocenters. The van der Waals surface area contributed by atoms with Crippen LogP contribution in [0.5, 0.6) is 5.75 Å². The van der Waals surface area contributed by atoms with Gasteiger partial charge in [0.25, 0.3) is 0 Å². The molecular weight excluding hydrogens is 302 g/mol. The Hall–Kier alpha value is -3.08. The van der Waals surface area contributed by atoms with Crippen LogP contribution in [-0.4, -0.2) is 28.2 Å². The fourth-order valence-corrected chi connectivity index (χ4v) is 3.33. The van der Waals surface area contributed by atoms with Gasteiger partial charge in [-0.3, -0.25) is 4.79 Å². The van der Waals surface area contributed by atoms with Crippen LogP contribution >= 0.6 is 0 Å². The summed E-state index contributed by atoms with van der Waals surface area (Å²) in [6, 6.07) is 13.2. The Morgan fingerprint density at radius 2 is 2.08 bits per heavy atom. The Bertz CT molecular complexity index is 944. The van der Waals surface area contributed by atoms with E-state index in [-0.39, 0.29) is 5.75 Å². The van der Waals surface area contributed by atoms with Gasteiger partial charge in [-0.25, -0.2) is 4.68 Å². The Kier molecular flexibility index (Phi) is 3.34. The molecule has 3 aromatic rings. The maximum atomic E-state index is 11.5. The van der Waals surface area contributed by atoms with Crippen LogP contribution in [0, 0.1) is 0 Å². The first-order valence-corrected chi connectivity index (χ1v) is 7.89. The fourth-order valence-electron chi connectivity index (χ4n) is 3.33. The molecule has 2 N–H and O–H groups in total. The highest BCUT2D eigenvalue weighted by Gasteiger charge is 2.26. The number of nitrogens with zero attached hydrogens (tertiary/aromatic N) is 2. The van der Waals surface area contributed by atoms with Gasteiger partial charge >= 0.3 is 0 Å². The van der Waals surface area contributed by atoms with E-state index in [1.165, 1.54) is 5.56 Å². The van der Waals surface area contributed by atoms with Crippen LogP contribution in [0.15, 0.2) is 42.5 Å². The number of aldehydes is 1. The number of anilines is 1. The maximum absolute atomic E-state index is 11.5. The van der Waals surface area contributed by atoms with E-state index >= 15 is 0 Å². The van der Waals surface area contributed by atoms with Crippen LogP contribution in [-0.2, 0) is 12.8 Å². The second kappa shape index (κ2) is 5.53. The molecule has 1 aliphatic rings. The zero-order chi connectivity index (χ0) is 16.7. The highest BCUT2D eigenvalue weighted by atomic mass is 16.3. The zero-order valence-electron chi connectivity index (χ0n) is 13.3. The average molecular weight is 319 g/mol. The molecule has 0 fully saturated rings. The molecule has 0 unspecified atom stereocenters. The topological polar surface area (TPSA) is 67.2 Å². The van der Waals surface area contributed by atoms with Crippen molar-refractivity contribution >= 4 is 12.0 Å². The van der Waals surface area contributed by atoms with Crippen LogP contribution in [0.25, 0.3) is 16.9 Å². The molecule has 2 aromatic carbocycles. The van der Waals surface area contributed by atoms with Crippen molar-refractivity contribution in [2.45, 2.75) is 12.8 Å². The summed E-state index contributed by atoms with van der Waals surface area (Å²) in [5.74, 6) is 0.171. The van der Waals surface area contributed by atoms with E-state index in [1.54, 1.807) is 22.9 Å². The van der Waals surface area contributed by atoms with Crippen LogP contribution in [0.2, 0.25) is 0 Å². The minimum atomic E-state index is 0.171. The largest absolute Gasteiger partial charge is 0.508 e. The number of hydrogen-bond acceptors (Lipinski definition) is 4. The van der Waals surface area contributed by atoms with E-state index in [9.17, 15) is 9.90 Å². The summed E-state index contributed by atoms with van der Waals surface area (Å²) in [6.07, 6.45) is 2.48. The second-order valence-electron chi connectivity index (χ2n) is 5.88. The molecular formula is C19H17N3O2. The third-order valence-electron chi connectivity index (χ3n) is 4.50. The van der Waals surface area contributed by atoms with Crippen molar-refractivity contribution in [2.75, 3.05) is 12.4 Å². The molecule has 5 heteroatoms. The lowest BCUT2D eigenvalue weighted by Gasteiger charge is -2.19. The standard InChI is InChI=1S/C19H17N3O2/c1-20-13-7-5-12-6-8-16-18(11-23)21-22(19(16)17(12)9-13)14-3-2-4-15(24)10-14/h2-5,7,9-11,20,24H,6,8H2,1H3. The Labute approximate surface area is 139 Å². The number of aryl methyl sites for hydroxylation is 1. The first-order valence-electron chi connectivity index (χ1n) is 7.89. The van der Waals surface area contributed by atoms with Gasteiger partial charge < -0.3 is 10.4 Å². The average Bonchev–Trinajstić information content (AvgIpc) is 3.00. The first kappa shape index (κ1) is 14.5. The molecule has 0 saturated heterocycles. The van der Waals surface area contributed by atoms with Crippen LogP contribution in [0.4, 0.5) is 5.69 Å². The second-order valence-corrected chi connectivity index (χ2v) is 5.88. The Balaban J connectivity index is 2.01. The number of fused-ring (bicyclic) bond motifs is 3. The van der Waals surface area contributed by atoms with Gasteiger partial charge in [-0.2, -0.15) is 5.10 Å². The SMILES string of the molecule is CNc1ccc2c(c1)-c1c(c(C=O)nn1-c1cccc(O)c1)CC2. The third-order valence-corrected chi connectivity index (χ3v) is 4.50. The monoisotopic (exact) mass is 319 g/mol. The highest BCUT2D eigenvalue weighted by molar-refractivity contribution is 5.84. The van der Waals surface area contributed by atoms with Crippen molar-refractivity contribution in [3.63, 3.8) is 0 Å². The number of nitrogens with one attached hydrogen (secondary N) is 1. The quantitative estimate of drug-likeness (QED) is 0.728. The molecule has 1 heterocycles. The van der Waals surface area contributed by atoms with Gasteiger partial charge in [0.1, 0.15) is 11.4 Å². The van der Waals surface area contributed by atoms with Crippen molar-refractivity contribution in [1.29, 1.82) is 0 Å². The van der Waals surface area contributed by atoms with Gasteiger partial charge in [-0.05, 0) is 42.7 Å². The predicted molar refractivity (Wildman–Crippen MR) is 93.0 cm³/mol. The maximum Gasteiger partial charge on any atom is 0.170 e. The van der Waals surface area contributed by atoms with E-state index in [0.29, 0.717) is 5.69 Å². The summed E-state index contributed by atoms with van der Waals surface area (Å²) in [7, 11) is 1.88. The summed E-state index contributed by atoms with van der Waals surface area (Å²) < 4.78 is 1.76. The van der Waals surface area contributed by atoms with Gasteiger partial charge in [0.15, 0.2) is 6.29 Å². The van der Waals surface area contributed by atoms with Crippen molar-refractivity contribution < 1.29 is 9.90 Å². The predicted octanol–water partition coefficient (Wildman–Crippen LogP) is 3.20. The lowest BCUT2D eigenvalue weighted by Crippen LogP contribution is -2.08. The van der Waals surface area contributed by atoms with Crippen LogP contribution in [0.3, 0.4) is 0 Å². The molecule has 0 saturated carbocycles. The third kappa shape index (κ3) is 2.17. The molecule has 0 radical (unpaired) electrons. The zero-order valence-corrected chi connectivity index (χ0v) is 13.3. The molecule has 1 aromatic heterocycles. The Morgan fingerprint density at radius 1 is 1.21 bits per heavy atom. The van der Waals surface area contributed by atoms with E-state index in [0.717, 1.165) is 47.3 Å². The molecule has 0 aliphatic heterocycles. The van der Waals surface area contributed by atoms with Gasteiger partial charge in [0.05, 0.1) is 11.4 Å². The lowest BCUT2D eigenvalue weighted by atomic mass is 9.88. The number of rotatable bonds is 3. The molecule has 24 heavy (non-hydrogen) atoms. The molecule has 0 spiro atoms.